The van der Waals surface area contributed by atoms with Crippen LogP contribution in [0.5, 0.6) is 0 Å². The first-order valence-corrected chi connectivity index (χ1v) is 7.08. The summed E-state index contributed by atoms with van der Waals surface area (Å²) < 4.78 is 0. The lowest BCUT2D eigenvalue weighted by atomic mass is 10.2. The quantitative estimate of drug-likeness (QED) is 0.258. The van der Waals surface area contributed by atoms with Gasteiger partial charge in [0.05, 0.1) is 6.54 Å². The minimum Gasteiger partial charge on any atom is -0.349 e. The molecule has 0 aliphatic rings. The summed E-state index contributed by atoms with van der Waals surface area (Å²) in [5.74, 6) is 2.02. The fraction of sp³-hybridized carbons (Fsp3) is 0.500. The minimum atomic E-state index is 0. The lowest BCUT2D eigenvalue weighted by Crippen LogP contribution is -2.35. The number of rotatable bonds is 4. The molecule has 0 N–H and O–H groups in total. The molecule has 5 heteroatoms. The van der Waals surface area contributed by atoms with Gasteiger partial charge in [-0.2, -0.15) is 0 Å². The second kappa shape index (κ2) is 9.47. The highest BCUT2D eigenvalue weighted by Gasteiger charge is 2.03. The van der Waals surface area contributed by atoms with E-state index >= 15 is 0 Å². The van der Waals surface area contributed by atoms with Crippen LogP contribution in [0.4, 0.5) is 0 Å². The van der Waals surface area contributed by atoms with Crippen molar-refractivity contribution in [3.05, 3.63) is 29.8 Å². The van der Waals surface area contributed by atoms with E-state index in [1.807, 2.05) is 49.8 Å². The third-order valence-corrected chi connectivity index (χ3v) is 3.43. The van der Waals surface area contributed by atoms with E-state index in [9.17, 15) is 0 Å². The Balaban J connectivity index is 0.00000324. The standard InChI is InChI=1S/C14H23N3S.HI/c1-12-6-8-13(9-7-12)18-11-10-15-14(16(2)3)17(4)5;/h6-9H,10-11H2,1-5H3;1H. The predicted octanol–water partition coefficient (Wildman–Crippen LogP) is 3.18. The summed E-state index contributed by atoms with van der Waals surface area (Å²) in [7, 11) is 8.08. The number of benzene rings is 1. The largest absolute Gasteiger partial charge is 0.349 e. The Morgan fingerprint density at radius 3 is 2.05 bits per heavy atom. The molecule has 0 spiro atoms. The molecule has 0 aliphatic carbocycles. The monoisotopic (exact) mass is 393 g/mol. The molecule has 0 unspecified atom stereocenters. The highest BCUT2D eigenvalue weighted by molar-refractivity contribution is 14.0. The second-order valence-electron chi connectivity index (χ2n) is 4.63. The van der Waals surface area contributed by atoms with Crippen molar-refractivity contribution in [2.45, 2.75) is 11.8 Å². The van der Waals surface area contributed by atoms with Crippen LogP contribution in [0.3, 0.4) is 0 Å². The fourth-order valence-corrected chi connectivity index (χ4v) is 2.37. The summed E-state index contributed by atoms with van der Waals surface area (Å²) >= 11 is 1.85. The zero-order valence-corrected chi connectivity index (χ0v) is 15.5. The van der Waals surface area contributed by atoms with Gasteiger partial charge in [0, 0.05) is 38.8 Å². The highest BCUT2D eigenvalue weighted by atomic mass is 127. The Labute approximate surface area is 138 Å². The van der Waals surface area contributed by atoms with Crippen molar-refractivity contribution in [1.29, 1.82) is 0 Å². The number of aryl methyl sites for hydroxylation is 1. The molecular formula is C14H24IN3S. The van der Waals surface area contributed by atoms with E-state index in [0.717, 1.165) is 18.3 Å². The van der Waals surface area contributed by atoms with E-state index < -0.39 is 0 Å². The predicted molar refractivity (Wildman–Crippen MR) is 97.0 cm³/mol. The summed E-state index contributed by atoms with van der Waals surface area (Å²) in [4.78, 5) is 9.99. The van der Waals surface area contributed by atoms with E-state index in [-0.39, 0.29) is 24.0 Å². The van der Waals surface area contributed by atoms with Crippen LogP contribution in [-0.2, 0) is 0 Å². The Bertz CT molecular complexity index is 378. The van der Waals surface area contributed by atoms with Crippen LogP contribution < -0.4 is 0 Å². The zero-order chi connectivity index (χ0) is 13.5. The van der Waals surface area contributed by atoms with Gasteiger partial charge >= 0.3 is 0 Å². The number of hydrogen-bond donors (Lipinski definition) is 0. The van der Waals surface area contributed by atoms with Crippen molar-refractivity contribution in [3.8, 4) is 0 Å². The van der Waals surface area contributed by atoms with Crippen LogP contribution in [0, 0.1) is 6.92 Å². The molecule has 0 amide bonds. The fourth-order valence-electron chi connectivity index (χ4n) is 1.63. The van der Waals surface area contributed by atoms with Gasteiger partial charge in [-0.05, 0) is 19.1 Å². The summed E-state index contributed by atoms with van der Waals surface area (Å²) in [5.41, 5.74) is 1.31. The molecule has 19 heavy (non-hydrogen) atoms. The Morgan fingerprint density at radius 1 is 1.05 bits per heavy atom. The first-order valence-electron chi connectivity index (χ1n) is 6.09. The number of hydrogen-bond acceptors (Lipinski definition) is 2. The molecule has 0 saturated heterocycles. The van der Waals surface area contributed by atoms with Crippen LogP contribution >= 0.6 is 35.7 Å². The number of thioether (sulfide) groups is 1. The minimum absolute atomic E-state index is 0. The Morgan fingerprint density at radius 2 is 1.58 bits per heavy atom. The lowest BCUT2D eigenvalue weighted by Gasteiger charge is -2.22. The molecule has 0 fully saturated rings. The van der Waals surface area contributed by atoms with Crippen molar-refractivity contribution >= 4 is 41.7 Å². The third kappa shape index (κ3) is 7.06. The molecule has 1 aromatic carbocycles. The van der Waals surface area contributed by atoms with Crippen molar-refractivity contribution in [2.24, 2.45) is 4.99 Å². The van der Waals surface area contributed by atoms with Gasteiger partial charge in [0.1, 0.15) is 0 Å². The molecule has 1 rings (SSSR count). The van der Waals surface area contributed by atoms with Gasteiger partial charge in [0.25, 0.3) is 0 Å². The molecule has 0 aliphatic heterocycles. The van der Waals surface area contributed by atoms with Crippen LogP contribution in [-0.4, -0.2) is 56.2 Å². The number of aliphatic imine (C=N–C) groups is 1. The number of nitrogens with zero attached hydrogens (tertiary/aromatic N) is 3. The van der Waals surface area contributed by atoms with Crippen molar-refractivity contribution in [1.82, 2.24) is 9.80 Å². The Hall–Kier alpha value is -0.430. The third-order valence-electron chi connectivity index (χ3n) is 2.43. The molecule has 3 nitrogen and oxygen atoms in total. The average Bonchev–Trinajstić information content (AvgIpc) is 2.30. The zero-order valence-electron chi connectivity index (χ0n) is 12.4. The molecule has 0 atom stereocenters. The summed E-state index contributed by atoms with van der Waals surface area (Å²) in [6, 6.07) is 8.64. The molecular weight excluding hydrogens is 369 g/mol. The van der Waals surface area contributed by atoms with Crippen LogP contribution in [0.25, 0.3) is 0 Å². The van der Waals surface area contributed by atoms with Crippen LogP contribution in [0.1, 0.15) is 5.56 Å². The van der Waals surface area contributed by atoms with Gasteiger partial charge in [-0.25, -0.2) is 0 Å². The van der Waals surface area contributed by atoms with Gasteiger partial charge in [0.15, 0.2) is 5.96 Å². The highest BCUT2D eigenvalue weighted by Crippen LogP contribution is 2.17. The molecule has 108 valence electrons. The maximum atomic E-state index is 4.60. The first-order chi connectivity index (χ1) is 8.50. The lowest BCUT2D eigenvalue weighted by molar-refractivity contribution is 0.480. The summed E-state index contributed by atoms with van der Waals surface area (Å²) in [6.45, 7) is 2.95. The summed E-state index contributed by atoms with van der Waals surface area (Å²) in [6.07, 6.45) is 0. The Kier molecular flexibility index (Phi) is 9.26. The van der Waals surface area contributed by atoms with Crippen molar-refractivity contribution in [2.75, 3.05) is 40.5 Å². The number of guanidine groups is 1. The maximum absolute atomic E-state index is 4.60. The number of halogens is 1. The topological polar surface area (TPSA) is 18.8 Å². The van der Waals surface area contributed by atoms with Crippen LogP contribution in [0.15, 0.2) is 34.2 Å². The SMILES string of the molecule is Cc1ccc(SCCN=C(N(C)C)N(C)C)cc1.I. The van der Waals surface area contributed by atoms with Gasteiger partial charge in [-0.1, -0.05) is 17.7 Å². The van der Waals surface area contributed by atoms with E-state index in [2.05, 4.69) is 36.2 Å². The molecule has 0 saturated carbocycles. The van der Waals surface area contributed by atoms with Crippen LogP contribution in [0.2, 0.25) is 0 Å². The molecule has 0 aromatic heterocycles. The van der Waals surface area contributed by atoms with Crippen molar-refractivity contribution in [3.63, 3.8) is 0 Å². The summed E-state index contributed by atoms with van der Waals surface area (Å²) in [5, 5.41) is 0. The first kappa shape index (κ1) is 18.6. The van der Waals surface area contributed by atoms with E-state index in [4.69, 9.17) is 0 Å². The van der Waals surface area contributed by atoms with Gasteiger partial charge in [-0.15, -0.1) is 35.7 Å². The smallest absolute Gasteiger partial charge is 0.195 e. The van der Waals surface area contributed by atoms with Gasteiger partial charge in [0.2, 0.25) is 0 Å². The van der Waals surface area contributed by atoms with E-state index in [1.165, 1.54) is 10.5 Å². The average molecular weight is 393 g/mol. The van der Waals surface area contributed by atoms with Gasteiger partial charge < -0.3 is 9.80 Å². The maximum Gasteiger partial charge on any atom is 0.195 e. The molecule has 0 bridgehead atoms. The molecule has 1 aromatic rings. The normalized spacial score (nSPS) is 9.53. The molecule has 0 heterocycles. The van der Waals surface area contributed by atoms with E-state index in [1.54, 1.807) is 0 Å². The van der Waals surface area contributed by atoms with Crippen molar-refractivity contribution < 1.29 is 0 Å². The van der Waals surface area contributed by atoms with E-state index in [0.29, 0.717) is 0 Å². The molecule has 0 radical (unpaired) electrons. The second-order valence-corrected chi connectivity index (χ2v) is 5.80. The van der Waals surface area contributed by atoms with Gasteiger partial charge in [-0.3, -0.25) is 4.99 Å².